The fraction of sp³-hybridized carbons (Fsp3) is 0.0833. The van der Waals surface area contributed by atoms with E-state index in [4.69, 9.17) is 28.9 Å². The lowest BCUT2D eigenvalue weighted by Crippen LogP contribution is -1.97. The number of aromatic nitrogens is 1. The first-order chi connectivity index (χ1) is 7.70. The molecule has 0 bridgehead atoms. The highest BCUT2D eigenvalue weighted by Gasteiger charge is 2.03. The molecule has 4 heteroatoms. The Morgan fingerprint density at radius 1 is 1.00 bits per heavy atom. The summed E-state index contributed by atoms with van der Waals surface area (Å²) in [5.41, 5.74) is 8.52. The van der Waals surface area contributed by atoms with Crippen molar-refractivity contribution in [2.45, 2.75) is 6.54 Å². The molecule has 2 aromatic rings. The lowest BCUT2D eigenvalue weighted by Gasteiger charge is -2.04. The van der Waals surface area contributed by atoms with Crippen molar-refractivity contribution in [3.05, 3.63) is 52.3 Å². The minimum absolute atomic E-state index is 0.474. The number of hydrogen-bond donors (Lipinski definition) is 1. The second-order valence-electron chi connectivity index (χ2n) is 3.41. The van der Waals surface area contributed by atoms with E-state index < -0.39 is 0 Å². The fourth-order valence-corrected chi connectivity index (χ4v) is 1.73. The predicted molar refractivity (Wildman–Crippen MR) is 67.6 cm³/mol. The SMILES string of the molecule is NCc1cncc(-c2ccc(Cl)c(Cl)c2)c1. The van der Waals surface area contributed by atoms with Gasteiger partial charge in [0.05, 0.1) is 10.0 Å². The number of rotatable bonds is 2. The molecule has 2 nitrogen and oxygen atoms in total. The van der Waals surface area contributed by atoms with E-state index in [1.54, 1.807) is 18.5 Å². The van der Waals surface area contributed by atoms with Gasteiger partial charge in [0.15, 0.2) is 0 Å². The first-order valence-corrected chi connectivity index (χ1v) is 5.55. The third kappa shape index (κ3) is 2.35. The quantitative estimate of drug-likeness (QED) is 0.889. The van der Waals surface area contributed by atoms with Crippen LogP contribution in [0.4, 0.5) is 0 Å². The molecule has 0 amide bonds. The number of nitrogens with two attached hydrogens (primary N) is 1. The lowest BCUT2D eigenvalue weighted by molar-refractivity contribution is 1.05. The van der Waals surface area contributed by atoms with E-state index >= 15 is 0 Å². The molecule has 2 rings (SSSR count). The van der Waals surface area contributed by atoms with Crippen LogP contribution in [-0.4, -0.2) is 4.98 Å². The van der Waals surface area contributed by atoms with E-state index in [1.165, 1.54) is 0 Å². The molecule has 1 aromatic carbocycles. The molecule has 0 saturated heterocycles. The second-order valence-corrected chi connectivity index (χ2v) is 4.23. The van der Waals surface area contributed by atoms with Crippen molar-refractivity contribution in [1.29, 1.82) is 0 Å². The molecule has 1 heterocycles. The van der Waals surface area contributed by atoms with Crippen LogP contribution in [0, 0.1) is 0 Å². The first kappa shape index (κ1) is 11.4. The average Bonchev–Trinajstić information content (AvgIpc) is 2.33. The molecule has 16 heavy (non-hydrogen) atoms. The summed E-state index contributed by atoms with van der Waals surface area (Å²) in [6, 6.07) is 7.49. The molecule has 2 N–H and O–H groups in total. The molecule has 0 aliphatic heterocycles. The molecule has 0 saturated carbocycles. The Bertz CT molecular complexity index is 512. The van der Waals surface area contributed by atoms with Crippen LogP contribution < -0.4 is 5.73 Å². The Morgan fingerprint density at radius 3 is 2.50 bits per heavy atom. The Balaban J connectivity index is 2.46. The Hall–Kier alpha value is -1.09. The van der Waals surface area contributed by atoms with Crippen LogP contribution in [-0.2, 0) is 6.54 Å². The normalized spacial score (nSPS) is 10.4. The molecule has 0 aliphatic rings. The molecule has 0 spiro atoms. The smallest absolute Gasteiger partial charge is 0.0598 e. The van der Waals surface area contributed by atoms with Gasteiger partial charge in [-0.1, -0.05) is 29.3 Å². The van der Waals surface area contributed by atoms with E-state index in [1.807, 2.05) is 18.2 Å². The first-order valence-electron chi connectivity index (χ1n) is 4.80. The lowest BCUT2D eigenvalue weighted by atomic mass is 10.1. The van der Waals surface area contributed by atoms with Gasteiger partial charge in [-0.25, -0.2) is 0 Å². The summed E-state index contributed by atoms with van der Waals surface area (Å²) in [6.45, 7) is 0.474. The van der Waals surface area contributed by atoms with Crippen LogP contribution in [0.1, 0.15) is 5.56 Å². The van der Waals surface area contributed by atoms with Crippen molar-refractivity contribution in [3.8, 4) is 11.1 Å². The van der Waals surface area contributed by atoms with Gasteiger partial charge in [0.2, 0.25) is 0 Å². The van der Waals surface area contributed by atoms with Crippen LogP contribution >= 0.6 is 23.2 Å². The van der Waals surface area contributed by atoms with E-state index in [9.17, 15) is 0 Å². The van der Waals surface area contributed by atoms with Crippen molar-refractivity contribution in [3.63, 3.8) is 0 Å². The van der Waals surface area contributed by atoms with Gasteiger partial charge in [0.1, 0.15) is 0 Å². The summed E-state index contributed by atoms with van der Waals surface area (Å²) < 4.78 is 0. The zero-order valence-electron chi connectivity index (χ0n) is 8.45. The van der Waals surface area contributed by atoms with Gasteiger partial charge in [-0.05, 0) is 29.3 Å². The molecule has 82 valence electrons. The zero-order chi connectivity index (χ0) is 11.5. The van der Waals surface area contributed by atoms with Crippen molar-refractivity contribution in [1.82, 2.24) is 4.98 Å². The van der Waals surface area contributed by atoms with Crippen LogP contribution in [0.25, 0.3) is 11.1 Å². The minimum atomic E-state index is 0.474. The highest BCUT2D eigenvalue weighted by molar-refractivity contribution is 6.42. The minimum Gasteiger partial charge on any atom is -0.326 e. The van der Waals surface area contributed by atoms with Crippen LogP contribution in [0.2, 0.25) is 10.0 Å². The zero-order valence-corrected chi connectivity index (χ0v) is 9.96. The number of halogens is 2. The summed E-state index contributed by atoms with van der Waals surface area (Å²) in [7, 11) is 0. The van der Waals surface area contributed by atoms with Gasteiger partial charge in [-0.15, -0.1) is 0 Å². The second kappa shape index (κ2) is 4.83. The Labute approximate surface area is 104 Å². The number of benzene rings is 1. The molecule has 0 fully saturated rings. The van der Waals surface area contributed by atoms with Crippen LogP contribution in [0.15, 0.2) is 36.7 Å². The molecule has 0 radical (unpaired) electrons. The molecular weight excluding hydrogens is 243 g/mol. The highest BCUT2D eigenvalue weighted by Crippen LogP contribution is 2.28. The summed E-state index contributed by atoms with van der Waals surface area (Å²) >= 11 is 11.8. The van der Waals surface area contributed by atoms with Gasteiger partial charge < -0.3 is 5.73 Å². The van der Waals surface area contributed by atoms with Gasteiger partial charge in [-0.3, -0.25) is 4.98 Å². The maximum absolute atomic E-state index is 5.96. The van der Waals surface area contributed by atoms with Crippen molar-refractivity contribution in [2.75, 3.05) is 0 Å². The number of hydrogen-bond acceptors (Lipinski definition) is 2. The molecular formula is C12H10Cl2N2. The van der Waals surface area contributed by atoms with Gasteiger partial charge >= 0.3 is 0 Å². The maximum atomic E-state index is 5.96. The summed E-state index contributed by atoms with van der Waals surface area (Å²) in [6.07, 6.45) is 3.53. The van der Waals surface area contributed by atoms with Crippen molar-refractivity contribution >= 4 is 23.2 Å². The van der Waals surface area contributed by atoms with Gasteiger partial charge in [0, 0.05) is 24.5 Å². The standard InChI is InChI=1S/C12H10Cl2N2/c13-11-2-1-9(4-12(11)14)10-3-8(5-15)6-16-7-10/h1-4,6-7H,5,15H2. The van der Waals surface area contributed by atoms with Crippen molar-refractivity contribution < 1.29 is 0 Å². The van der Waals surface area contributed by atoms with E-state index in [0.717, 1.165) is 16.7 Å². The molecule has 0 unspecified atom stereocenters. The maximum Gasteiger partial charge on any atom is 0.0598 e. The van der Waals surface area contributed by atoms with Crippen molar-refractivity contribution in [2.24, 2.45) is 5.73 Å². The number of nitrogens with zero attached hydrogens (tertiary/aromatic N) is 1. The highest BCUT2D eigenvalue weighted by atomic mass is 35.5. The Morgan fingerprint density at radius 2 is 1.81 bits per heavy atom. The van der Waals surface area contributed by atoms with Crippen LogP contribution in [0.5, 0.6) is 0 Å². The van der Waals surface area contributed by atoms with Crippen LogP contribution in [0.3, 0.4) is 0 Å². The van der Waals surface area contributed by atoms with Gasteiger partial charge in [-0.2, -0.15) is 0 Å². The van der Waals surface area contributed by atoms with E-state index in [2.05, 4.69) is 4.98 Å². The predicted octanol–water partition coefficient (Wildman–Crippen LogP) is 3.51. The molecule has 0 aliphatic carbocycles. The third-order valence-electron chi connectivity index (χ3n) is 2.28. The third-order valence-corrected chi connectivity index (χ3v) is 3.02. The largest absolute Gasteiger partial charge is 0.326 e. The summed E-state index contributed by atoms with van der Waals surface area (Å²) in [5, 5.41) is 1.09. The molecule has 0 atom stereocenters. The molecule has 1 aromatic heterocycles. The monoisotopic (exact) mass is 252 g/mol. The fourth-order valence-electron chi connectivity index (χ4n) is 1.43. The van der Waals surface area contributed by atoms with E-state index in [-0.39, 0.29) is 0 Å². The Kier molecular flexibility index (Phi) is 3.44. The average molecular weight is 253 g/mol. The van der Waals surface area contributed by atoms with Gasteiger partial charge in [0.25, 0.3) is 0 Å². The topological polar surface area (TPSA) is 38.9 Å². The summed E-state index contributed by atoms with van der Waals surface area (Å²) in [4.78, 5) is 4.13. The number of pyridine rings is 1. The summed E-state index contributed by atoms with van der Waals surface area (Å²) in [5.74, 6) is 0. The van der Waals surface area contributed by atoms with E-state index in [0.29, 0.717) is 16.6 Å².